The van der Waals surface area contributed by atoms with E-state index in [0.29, 0.717) is 5.69 Å². The molecule has 0 aromatic carbocycles. The number of hydrogen-bond donors (Lipinski definition) is 2. The molecular formula is C6H8N2O2S. The molecule has 0 aliphatic heterocycles. The molecule has 0 radical (unpaired) electrons. The number of hydrogen-bond acceptors (Lipinski definition) is 4. The first kappa shape index (κ1) is 8.29. The molecule has 1 rings (SSSR count). The number of rotatable bonds is 2. The van der Waals surface area contributed by atoms with E-state index in [1.165, 1.54) is 18.0 Å². The van der Waals surface area contributed by atoms with Gasteiger partial charge in [0.1, 0.15) is 0 Å². The van der Waals surface area contributed by atoms with Crippen molar-refractivity contribution < 1.29 is 5.11 Å². The summed E-state index contributed by atoms with van der Waals surface area (Å²) in [6, 6.07) is 0. The van der Waals surface area contributed by atoms with E-state index in [2.05, 4.69) is 9.97 Å². The van der Waals surface area contributed by atoms with Gasteiger partial charge in [-0.2, -0.15) is 0 Å². The molecule has 5 heteroatoms. The lowest BCUT2D eigenvalue weighted by Gasteiger charge is -2.00. The highest BCUT2D eigenvalue weighted by Crippen LogP contribution is 2.14. The number of nitrogens with one attached hydrogen (secondary N) is 1. The van der Waals surface area contributed by atoms with Crippen molar-refractivity contribution in [2.24, 2.45) is 0 Å². The second kappa shape index (κ2) is 3.54. The van der Waals surface area contributed by atoms with Gasteiger partial charge in [0.05, 0.1) is 12.3 Å². The van der Waals surface area contributed by atoms with Crippen LogP contribution < -0.4 is 5.69 Å². The summed E-state index contributed by atoms with van der Waals surface area (Å²) in [5.74, 6) is 0. The fourth-order valence-corrected chi connectivity index (χ4v) is 1.23. The van der Waals surface area contributed by atoms with Crippen LogP contribution in [0.2, 0.25) is 0 Å². The standard InChI is InChI=1S/C6H8N2O2S/c1-11-5-2-7-6(10)8-4(5)3-9/h2,9H,3H2,1H3,(H,7,8,10). The summed E-state index contributed by atoms with van der Waals surface area (Å²) in [5, 5.41) is 8.76. The van der Waals surface area contributed by atoms with E-state index < -0.39 is 5.69 Å². The minimum atomic E-state index is -0.424. The third-order valence-corrected chi connectivity index (χ3v) is 2.02. The zero-order valence-corrected chi connectivity index (χ0v) is 6.81. The van der Waals surface area contributed by atoms with E-state index in [4.69, 9.17) is 5.11 Å². The highest BCUT2D eigenvalue weighted by atomic mass is 32.2. The van der Waals surface area contributed by atoms with Gasteiger partial charge in [-0.05, 0) is 6.26 Å². The number of nitrogens with zero attached hydrogens (tertiary/aromatic N) is 1. The van der Waals surface area contributed by atoms with Gasteiger partial charge in [0, 0.05) is 11.1 Å². The topological polar surface area (TPSA) is 66.0 Å². The van der Waals surface area contributed by atoms with Gasteiger partial charge in [-0.15, -0.1) is 11.8 Å². The number of aliphatic hydroxyl groups is 1. The van der Waals surface area contributed by atoms with Crippen molar-refractivity contribution in [3.63, 3.8) is 0 Å². The summed E-state index contributed by atoms with van der Waals surface area (Å²) in [6.07, 6.45) is 3.31. The molecule has 1 aromatic heterocycles. The molecule has 60 valence electrons. The molecule has 0 saturated heterocycles. The van der Waals surface area contributed by atoms with Gasteiger partial charge in [-0.25, -0.2) is 9.78 Å². The molecule has 0 aliphatic carbocycles. The lowest BCUT2D eigenvalue weighted by atomic mass is 10.4. The third kappa shape index (κ3) is 1.81. The molecule has 0 saturated carbocycles. The Kier molecular flexibility index (Phi) is 2.67. The molecule has 0 amide bonds. The molecule has 0 aliphatic rings. The Balaban J connectivity index is 3.16. The maximum atomic E-state index is 10.6. The average Bonchev–Trinajstić information content (AvgIpc) is 2.04. The van der Waals surface area contributed by atoms with E-state index in [0.717, 1.165) is 4.90 Å². The van der Waals surface area contributed by atoms with Crippen LogP contribution in [0.5, 0.6) is 0 Å². The molecular weight excluding hydrogens is 164 g/mol. The van der Waals surface area contributed by atoms with Crippen molar-refractivity contribution in [3.05, 3.63) is 22.4 Å². The minimum absolute atomic E-state index is 0.159. The van der Waals surface area contributed by atoms with E-state index in [9.17, 15) is 4.79 Å². The quantitative estimate of drug-likeness (QED) is 0.615. The van der Waals surface area contributed by atoms with Gasteiger partial charge in [0.25, 0.3) is 0 Å². The zero-order valence-electron chi connectivity index (χ0n) is 6.00. The van der Waals surface area contributed by atoms with Gasteiger partial charge in [0.2, 0.25) is 0 Å². The molecule has 0 bridgehead atoms. The Morgan fingerprint density at radius 3 is 3.09 bits per heavy atom. The van der Waals surface area contributed by atoms with Crippen LogP contribution in [0.4, 0.5) is 0 Å². The largest absolute Gasteiger partial charge is 0.390 e. The lowest BCUT2D eigenvalue weighted by molar-refractivity contribution is 0.272. The fourth-order valence-electron chi connectivity index (χ4n) is 0.711. The van der Waals surface area contributed by atoms with Crippen molar-refractivity contribution in [1.82, 2.24) is 9.97 Å². The van der Waals surface area contributed by atoms with E-state index in [-0.39, 0.29) is 6.61 Å². The number of aromatic amines is 1. The van der Waals surface area contributed by atoms with E-state index in [1.807, 2.05) is 6.26 Å². The second-order valence-corrected chi connectivity index (χ2v) is 2.74. The van der Waals surface area contributed by atoms with E-state index >= 15 is 0 Å². The van der Waals surface area contributed by atoms with Gasteiger partial charge >= 0.3 is 5.69 Å². The second-order valence-electron chi connectivity index (χ2n) is 1.89. The normalized spacial score (nSPS) is 10.0. The molecule has 0 atom stereocenters. The van der Waals surface area contributed by atoms with E-state index in [1.54, 1.807) is 0 Å². The van der Waals surface area contributed by atoms with Crippen molar-refractivity contribution in [1.29, 1.82) is 0 Å². The Labute approximate surface area is 67.7 Å². The van der Waals surface area contributed by atoms with Crippen LogP contribution in [0, 0.1) is 0 Å². The summed E-state index contributed by atoms with van der Waals surface area (Å²) in [6.45, 7) is -0.159. The Hall–Kier alpha value is -0.810. The molecule has 1 heterocycles. The number of aliphatic hydroxyl groups excluding tert-OH is 1. The van der Waals surface area contributed by atoms with Crippen molar-refractivity contribution in [3.8, 4) is 0 Å². The van der Waals surface area contributed by atoms with Crippen LogP contribution in [0.3, 0.4) is 0 Å². The first-order valence-electron chi connectivity index (χ1n) is 3.01. The number of aromatic nitrogens is 2. The summed E-state index contributed by atoms with van der Waals surface area (Å²) >= 11 is 1.44. The monoisotopic (exact) mass is 172 g/mol. The number of thioether (sulfide) groups is 1. The van der Waals surface area contributed by atoms with Gasteiger partial charge in [-0.1, -0.05) is 0 Å². The van der Waals surface area contributed by atoms with Gasteiger partial charge in [-0.3, -0.25) is 0 Å². The SMILES string of the molecule is CSc1cnc(=O)[nH]c1CO. The highest BCUT2D eigenvalue weighted by molar-refractivity contribution is 7.98. The number of H-pyrrole nitrogens is 1. The lowest BCUT2D eigenvalue weighted by Crippen LogP contribution is -2.12. The highest BCUT2D eigenvalue weighted by Gasteiger charge is 2.00. The summed E-state index contributed by atoms with van der Waals surface area (Å²) < 4.78 is 0. The Morgan fingerprint density at radius 2 is 2.55 bits per heavy atom. The molecule has 0 spiro atoms. The van der Waals surface area contributed by atoms with Crippen LogP contribution in [0.25, 0.3) is 0 Å². The van der Waals surface area contributed by atoms with Gasteiger partial charge in [0.15, 0.2) is 0 Å². The maximum Gasteiger partial charge on any atom is 0.345 e. The zero-order chi connectivity index (χ0) is 8.27. The third-order valence-electron chi connectivity index (χ3n) is 1.23. The minimum Gasteiger partial charge on any atom is -0.390 e. The molecule has 2 N–H and O–H groups in total. The van der Waals surface area contributed by atoms with Crippen molar-refractivity contribution >= 4 is 11.8 Å². The Bertz CT molecular complexity index is 297. The fraction of sp³-hybridized carbons (Fsp3) is 0.333. The smallest absolute Gasteiger partial charge is 0.345 e. The Morgan fingerprint density at radius 1 is 1.82 bits per heavy atom. The first-order valence-corrected chi connectivity index (χ1v) is 4.23. The van der Waals surface area contributed by atoms with Crippen LogP contribution in [0.15, 0.2) is 15.9 Å². The molecule has 4 nitrogen and oxygen atoms in total. The molecule has 0 unspecified atom stereocenters. The maximum absolute atomic E-state index is 10.6. The predicted molar refractivity (Wildman–Crippen MR) is 42.6 cm³/mol. The van der Waals surface area contributed by atoms with Crippen LogP contribution in [-0.2, 0) is 6.61 Å². The predicted octanol–water partition coefficient (Wildman–Crippen LogP) is -0.0159. The molecule has 1 aromatic rings. The van der Waals surface area contributed by atoms with Crippen LogP contribution >= 0.6 is 11.8 Å². The summed E-state index contributed by atoms with van der Waals surface area (Å²) in [5.41, 5.74) is 0.101. The molecule has 11 heavy (non-hydrogen) atoms. The van der Waals surface area contributed by atoms with Crippen LogP contribution in [-0.4, -0.2) is 21.3 Å². The van der Waals surface area contributed by atoms with Crippen LogP contribution in [0.1, 0.15) is 5.69 Å². The average molecular weight is 172 g/mol. The first-order chi connectivity index (χ1) is 5.27. The summed E-state index contributed by atoms with van der Waals surface area (Å²) in [4.78, 5) is 17.4. The summed E-state index contributed by atoms with van der Waals surface area (Å²) in [7, 11) is 0. The van der Waals surface area contributed by atoms with Crippen molar-refractivity contribution in [2.45, 2.75) is 11.5 Å². The molecule has 0 fully saturated rings. The van der Waals surface area contributed by atoms with Gasteiger partial charge < -0.3 is 10.1 Å². The van der Waals surface area contributed by atoms with Crippen molar-refractivity contribution in [2.75, 3.05) is 6.26 Å².